The average molecular weight is 399 g/mol. The molecule has 1 aliphatic rings. The lowest BCUT2D eigenvalue weighted by molar-refractivity contribution is 0.122. The Morgan fingerprint density at radius 2 is 2.08 bits per heavy atom. The van der Waals surface area contributed by atoms with E-state index >= 15 is 0 Å². The van der Waals surface area contributed by atoms with E-state index in [0.717, 1.165) is 19.4 Å². The summed E-state index contributed by atoms with van der Waals surface area (Å²) in [6.45, 7) is 3.30. The van der Waals surface area contributed by atoms with E-state index < -0.39 is 10.0 Å². The number of hydrogen-bond donors (Lipinski definition) is 2. The molecule has 2 N–H and O–H groups in total. The summed E-state index contributed by atoms with van der Waals surface area (Å²) < 4.78 is 38.3. The van der Waals surface area contributed by atoms with Crippen molar-refractivity contribution in [3.05, 3.63) is 22.7 Å². The van der Waals surface area contributed by atoms with Crippen LogP contribution >= 0.6 is 24.0 Å². The number of sulfonamides is 1. The van der Waals surface area contributed by atoms with Gasteiger partial charge in [-0.1, -0.05) is 11.6 Å². The molecule has 0 bridgehead atoms. The summed E-state index contributed by atoms with van der Waals surface area (Å²) in [5, 5.41) is 3.61. The molecule has 2 rings (SSSR count). The largest absolute Gasteiger partial charge is 0.495 e. The smallest absolute Gasteiger partial charge is 0.240 e. The van der Waals surface area contributed by atoms with E-state index in [2.05, 4.69) is 10.0 Å². The summed E-state index contributed by atoms with van der Waals surface area (Å²) in [6, 6.07) is 3.04. The van der Waals surface area contributed by atoms with E-state index in [1.807, 2.05) is 0 Å². The average Bonchev–Trinajstić information content (AvgIpc) is 2.96. The predicted molar refractivity (Wildman–Crippen MR) is 97.0 cm³/mol. The number of nitrogens with one attached hydrogen (secondary N) is 2. The molecule has 1 unspecified atom stereocenters. The van der Waals surface area contributed by atoms with Crippen LogP contribution in [0.4, 0.5) is 0 Å². The van der Waals surface area contributed by atoms with Crippen LogP contribution in [0.25, 0.3) is 0 Å². The fourth-order valence-electron chi connectivity index (χ4n) is 2.86. The Kier molecular flexibility index (Phi) is 7.77. The number of ether oxygens (including phenoxy) is 2. The van der Waals surface area contributed by atoms with Gasteiger partial charge in [-0.2, -0.15) is 0 Å². The van der Waals surface area contributed by atoms with Crippen molar-refractivity contribution in [2.75, 3.05) is 33.9 Å². The first kappa shape index (κ1) is 21.5. The third-order valence-electron chi connectivity index (χ3n) is 4.09. The first-order chi connectivity index (χ1) is 10.8. The van der Waals surface area contributed by atoms with Crippen LogP contribution in [0.2, 0.25) is 5.02 Å². The highest BCUT2D eigenvalue weighted by Gasteiger charge is 2.35. The van der Waals surface area contributed by atoms with Gasteiger partial charge < -0.3 is 14.8 Å². The van der Waals surface area contributed by atoms with Gasteiger partial charge in [-0.25, -0.2) is 13.1 Å². The summed E-state index contributed by atoms with van der Waals surface area (Å²) in [7, 11) is -0.560. The van der Waals surface area contributed by atoms with Gasteiger partial charge in [0.2, 0.25) is 10.0 Å². The minimum absolute atomic E-state index is 0. The summed E-state index contributed by atoms with van der Waals surface area (Å²) in [6.07, 6.45) is 1.87. The van der Waals surface area contributed by atoms with Gasteiger partial charge in [0.1, 0.15) is 5.75 Å². The lowest BCUT2D eigenvalue weighted by Crippen LogP contribution is -2.52. The van der Waals surface area contributed by atoms with Crippen molar-refractivity contribution in [3.63, 3.8) is 0 Å². The molecule has 9 heteroatoms. The maximum Gasteiger partial charge on any atom is 0.240 e. The second-order valence-corrected chi connectivity index (χ2v) is 7.96. The van der Waals surface area contributed by atoms with Crippen LogP contribution in [0.3, 0.4) is 0 Å². The van der Waals surface area contributed by atoms with Crippen LogP contribution in [0, 0.1) is 6.92 Å². The molecule has 1 aromatic rings. The Morgan fingerprint density at radius 3 is 2.62 bits per heavy atom. The van der Waals surface area contributed by atoms with Gasteiger partial charge in [0, 0.05) is 13.7 Å². The van der Waals surface area contributed by atoms with Gasteiger partial charge in [-0.15, -0.1) is 12.4 Å². The summed E-state index contributed by atoms with van der Waals surface area (Å²) in [5.74, 6) is 0.455. The summed E-state index contributed by atoms with van der Waals surface area (Å²) >= 11 is 6.06. The fraction of sp³-hybridized carbons (Fsp3) is 0.600. The number of benzene rings is 1. The van der Waals surface area contributed by atoms with Crippen LogP contribution < -0.4 is 14.8 Å². The van der Waals surface area contributed by atoms with Crippen LogP contribution in [0.15, 0.2) is 17.0 Å². The van der Waals surface area contributed by atoms with Gasteiger partial charge in [-0.05, 0) is 44.0 Å². The second-order valence-electron chi connectivity index (χ2n) is 5.82. The molecule has 0 saturated carbocycles. The Hall–Kier alpha value is -0.570. The maximum absolute atomic E-state index is 12.6. The number of rotatable bonds is 7. The molecular weight excluding hydrogens is 375 g/mol. The molecule has 24 heavy (non-hydrogen) atoms. The van der Waals surface area contributed by atoms with E-state index in [0.29, 0.717) is 17.9 Å². The predicted octanol–water partition coefficient (Wildman–Crippen LogP) is 2.13. The van der Waals surface area contributed by atoms with E-state index in [9.17, 15) is 8.42 Å². The van der Waals surface area contributed by atoms with E-state index in [4.69, 9.17) is 21.1 Å². The number of hydrogen-bond acceptors (Lipinski definition) is 5. The quantitative estimate of drug-likeness (QED) is 0.735. The molecule has 0 radical (unpaired) electrons. The van der Waals surface area contributed by atoms with Crippen molar-refractivity contribution in [2.24, 2.45) is 0 Å². The molecule has 1 atom stereocenters. The number of aryl methyl sites for hydroxylation is 1. The molecule has 1 heterocycles. The fourth-order valence-corrected chi connectivity index (χ4v) is 4.55. The summed E-state index contributed by atoms with van der Waals surface area (Å²) in [5.41, 5.74) is 0.227. The first-order valence-electron chi connectivity index (χ1n) is 7.41. The standard InChI is InChI=1S/C15H23ClN2O4S.ClH/c1-11-7-13(22-3)12(16)8-14(11)23(19,20)18-9-15(10-21-2)5-4-6-17-15;/h7-8,17-18H,4-6,9-10H2,1-3H3;1H. The van der Waals surface area contributed by atoms with Gasteiger partial charge in [0.05, 0.1) is 29.2 Å². The maximum atomic E-state index is 12.6. The van der Waals surface area contributed by atoms with Crippen LogP contribution in [-0.2, 0) is 14.8 Å². The highest BCUT2D eigenvalue weighted by Crippen LogP contribution is 2.30. The van der Waals surface area contributed by atoms with E-state index in [-0.39, 0.29) is 34.4 Å². The van der Waals surface area contributed by atoms with Crippen molar-refractivity contribution in [3.8, 4) is 5.75 Å². The van der Waals surface area contributed by atoms with Crippen LogP contribution in [0.5, 0.6) is 5.75 Å². The molecule has 1 saturated heterocycles. The lowest BCUT2D eigenvalue weighted by Gasteiger charge is -2.29. The molecule has 0 aromatic heterocycles. The Labute approximate surface area is 154 Å². The first-order valence-corrected chi connectivity index (χ1v) is 9.27. The zero-order valence-corrected chi connectivity index (χ0v) is 16.4. The Bertz CT molecular complexity index is 662. The molecule has 1 aliphatic heterocycles. The zero-order chi connectivity index (χ0) is 17.1. The SMILES string of the molecule is COCC1(CNS(=O)(=O)c2cc(Cl)c(OC)cc2C)CCCN1.Cl. The van der Waals surface area contributed by atoms with Gasteiger partial charge in [-0.3, -0.25) is 0 Å². The summed E-state index contributed by atoms with van der Waals surface area (Å²) in [4.78, 5) is 0.161. The topological polar surface area (TPSA) is 76.7 Å². The third-order valence-corrected chi connectivity index (χ3v) is 5.93. The van der Waals surface area contributed by atoms with Crippen molar-refractivity contribution in [1.29, 1.82) is 0 Å². The van der Waals surface area contributed by atoms with Crippen molar-refractivity contribution < 1.29 is 17.9 Å². The normalized spacial score (nSPS) is 20.7. The highest BCUT2D eigenvalue weighted by molar-refractivity contribution is 7.89. The molecular formula is C15H24Cl2N2O4S. The molecule has 0 amide bonds. The number of halogens is 2. The van der Waals surface area contributed by atoms with Gasteiger partial charge in [0.15, 0.2) is 0 Å². The minimum Gasteiger partial charge on any atom is -0.495 e. The monoisotopic (exact) mass is 398 g/mol. The van der Waals surface area contributed by atoms with Crippen molar-refractivity contribution in [2.45, 2.75) is 30.2 Å². The molecule has 0 spiro atoms. The molecule has 1 aromatic carbocycles. The number of methoxy groups -OCH3 is 2. The molecule has 138 valence electrons. The zero-order valence-electron chi connectivity index (χ0n) is 14.0. The Morgan fingerprint density at radius 1 is 1.38 bits per heavy atom. The van der Waals surface area contributed by atoms with Crippen molar-refractivity contribution >= 4 is 34.0 Å². The lowest BCUT2D eigenvalue weighted by atomic mass is 9.99. The van der Waals surface area contributed by atoms with Crippen LogP contribution in [-0.4, -0.2) is 47.9 Å². The van der Waals surface area contributed by atoms with Crippen molar-refractivity contribution in [1.82, 2.24) is 10.0 Å². The Balaban J connectivity index is 0.00000288. The van der Waals surface area contributed by atoms with Gasteiger partial charge >= 0.3 is 0 Å². The highest BCUT2D eigenvalue weighted by atomic mass is 35.5. The minimum atomic E-state index is -3.67. The van der Waals surface area contributed by atoms with E-state index in [1.165, 1.54) is 13.2 Å². The molecule has 0 aliphatic carbocycles. The molecule has 6 nitrogen and oxygen atoms in total. The second kappa shape index (κ2) is 8.69. The van der Waals surface area contributed by atoms with E-state index in [1.54, 1.807) is 20.1 Å². The third kappa shape index (κ3) is 4.74. The van der Waals surface area contributed by atoms with Crippen LogP contribution in [0.1, 0.15) is 18.4 Å². The van der Waals surface area contributed by atoms with Gasteiger partial charge in [0.25, 0.3) is 0 Å². The molecule has 1 fully saturated rings.